The van der Waals surface area contributed by atoms with E-state index in [1.165, 1.54) is 43.5 Å². The lowest BCUT2D eigenvalue weighted by atomic mass is 10.0. The Labute approximate surface area is 120 Å². The van der Waals surface area contributed by atoms with Crippen LogP contribution in [0.15, 0.2) is 18.2 Å². The SMILES string of the molecule is CC(N)Cc1c(Cl)cccc1N(CC1CC1)C1CC1. The van der Waals surface area contributed by atoms with Crippen LogP contribution in [0.1, 0.15) is 38.2 Å². The smallest absolute Gasteiger partial charge is 0.0459 e. The van der Waals surface area contributed by atoms with Gasteiger partial charge in [0.05, 0.1) is 0 Å². The second-order valence-corrected chi connectivity index (χ2v) is 6.65. The molecule has 1 unspecified atom stereocenters. The van der Waals surface area contributed by atoms with Gasteiger partial charge in [-0.05, 0) is 62.6 Å². The Morgan fingerprint density at radius 3 is 2.63 bits per heavy atom. The van der Waals surface area contributed by atoms with Crippen molar-refractivity contribution in [3.8, 4) is 0 Å². The average molecular weight is 279 g/mol. The van der Waals surface area contributed by atoms with Gasteiger partial charge in [-0.25, -0.2) is 0 Å². The quantitative estimate of drug-likeness (QED) is 0.861. The van der Waals surface area contributed by atoms with E-state index in [-0.39, 0.29) is 6.04 Å². The summed E-state index contributed by atoms with van der Waals surface area (Å²) in [6.07, 6.45) is 6.31. The van der Waals surface area contributed by atoms with Crippen molar-refractivity contribution >= 4 is 17.3 Å². The van der Waals surface area contributed by atoms with E-state index >= 15 is 0 Å². The van der Waals surface area contributed by atoms with Gasteiger partial charge in [0, 0.05) is 29.3 Å². The number of hydrogen-bond acceptors (Lipinski definition) is 2. The van der Waals surface area contributed by atoms with Gasteiger partial charge in [-0.3, -0.25) is 0 Å². The van der Waals surface area contributed by atoms with Crippen molar-refractivity contribution in [1.29, 1.82) is 0 Å². The van der Waals surface area contributed by atoms with Crippen LogP contribution in [0.4, 0.5) is 5.69 Å². The first-order chi connectivity index (χ1) is 9.15. The van der Waals surface area contributed by atoms with Crippen LogP contribution in [0.3, 0.4) is 0 Å². The summed E-state index contributed by atoms with van der Waals surface area (Å²) in [5.41, 5.74) is 8.57. The van der Waals surface area contributed by atoms with Gasteiger partial charge in [-0.2, -0.15) is 0 Å². The van der Waals surface area contributed by atoms with Crippen LogP contribution in [0, 0.1) is 5.92 Å². The van der Waals surface area contributed by atoms with Gasteiger partial charge in [-0.15, -0.1) is 0 Å². The van der Waals surface area contributed by atoms with Gasteiger partial charge in [0.25, 0.3) is 0 Å². The van der Waals surface area contributed by atoms with Crippen LogP contribution in [0.25, 0.3) is 0 Å². The molecule has 2 N–H and O–H groups in total. The summed E-state index contributed by atoms with van der Waals surface area (Å²) in [5, 5.41) is 0.872. The molecular formula is C16H23ClN2. The third-order valence-corrected chi connectivity index (χ3v) is 4.42. The zero-order chi connectivity index (χ0) is 13.4. The maximum Gasteiger partial charge on any atom is 0.0459 e. The summed E-state index contributed by atoms with van der Waals surface area (Å²) in [6.45, 7) is 3.26. The van der Waals surface area contributed by atoms with Gasteiger partial charge < -0.3 is 10.6 Å². The molecule has 0 radical (unpaired) electrons. The Bertz CT molecular complexity index is 450. The second-order valence-electron chi connectivity index (χ2n) is 6.25. The highest BCUT2D eigenvalue weighted by Gasteiger charge is 2.34. The van der Waals surface area contributed by atoms with E-state index in [4.69, 9.17) is 17.3 Å². The molecule has 2 saturated carbocycles. The molecule has 2 aliphatic carbocycles. The van der Waals surface area contributed by atoms with Crippen molar-refractivity contribution in [1.82, 2.24) is 0 Å². The standard InChI is InChI=1S/C16H23ClN2/c1-11(18)9-14-15(17)3-2-4-16(14)19(13-7-8-13)10-12-5-6-12/h2-4,11-13H,5-10,18H2,1H3. The first kappa shape index (κ1) is 13.3. The van der Waals surface area contributed by atoms with Crippen LogP contribution in [-0.4, -0.2) is 18.6 Å². The van der Waals surface area contributed by atoms with E-state index in [1.807, 2.05) is 6.07 Å². The van der Waals surface area contributed by atoms with Crippen molar-refractivity contribution in [2.45, 2.75) is 51.1 Å². The van der Waals surface area contributed by atoms with Crippen LogP contribution in [0.2, 0.25) is 5.02 Å². The molecule has 0 heterocycles. The fourth-order valence-corrected chi connectivity index (χ4v) is 3.00. The van der Waals surface area contributed by atoms with Crippen LogP contribution in [-0.2, 0) is 6.42 Å². The Balaban J connectivity index is 1.89. The fourth-order valence-electron chi connectivity index (χ4n) is 2.75. The molecule has 2 nitrogen and oxygen atoms in total. The molecular weight excluding hydrogens is 256 g/mol. The Hall–Kier alpha value is -0.730. The van der Waals surface area contributed by atoms with E-state index in [9.17, 15) is 0 Å². The molecule has 3 rings (SSSR count). The van der Waals surface area contributed by atoms with Crippen molar-refractivity contribution in [3.05, 3.63) is 28.8 Å². The van der Waals surface area contributed by atoms with Crippen molar-refractivity contribution in [2.24, 2.45) is 11.7 Å². The number of benzene rings is 1. The molecule has 1 atom stereocenters. The summed E-state index contributed by atoms with van der Waals surface area (Å²) in [6, 6.07) is 7.19. The fraction of sp³-hybridized carbons (Fsp3) is 0.625. The lowest BCUT2D eigenvalue weighted by molar-refractivity contribution is 0.699. The Morgan fingerprint density at radius 2 is 2.05 bits per heavy atom. The van der Waals surface area contributed by atoms with Gasteiger partial charge in [0.2, 0.25) is 0 Å². The molecule has 0 spiro atoms. The maximum atomic E-state index is 6.41. The summed E-state index contributed by atoms with van der Waals surface area (Å²) >= 11 is 6.41. The van der Waals surface area contributed by atoms with Gasteiger partial charge in [-0.1, -0.05) is 17.7 Å². The largest absolute Gasteiger partial charge is 0.368 e. The highest BCUT2D eigenvalue weighted by Crippen LogP contribution is 2.40. The average Bonchev–Trinajstić information content (AvgIpc) is 3.23. The number of hydrogen-bond donors (Lipinski definition) is 1. The van der Waals surface area contributed by atoms with Gasteiger partial charge >= 0.3 is 0 Å². The predicted octanol–water partition coefficient (Wildman–Crippen LogP) is 3.61. The van der Waals surface area contributed by atoms with E-state index < -0.39 is 0 Å². The molecule has 19 heavy (non-hydrogen) atoms. The molecule has 0 amide bonds. The minimum absolute atomic E-state index is 0.153. The van der Waals surface area contributed by atoms with Crippen LogP contribution in [0.5, 0.6) is 0 Å². The third-order valence-electron chi connectivity index (χ3n) is 4.07. The number of rotatable bonds is 6. The second kappa shape index (κ2) is 5.34. The zero-order valence-electron chi connectivity index (χ0n) is 11.6. The van der Waals surface area contributed by atoms with Crippen molar-refractivity contribution in [2.75, 3.05) is 11.4 Å². The number of nitrogens with zero attached hydrogens (tertiary/aromatic N) is 1. The highest BCUT2D eigenvalue weighted by atomic mass is 35.5. The highest BCUT2D eigenvalue weighted by molar-refractivity contribution is 6.31. The normalized spacial score (nSPS) is 20.4. The Morgan fingerprint density at radius 1 is 1.32 bits per heavy atom. The molecule has 1 aromatic carbocycles. The first-order valence-electron chi connectivity index (χ1n) is 7.44. The summed E-state index contributed by atoms with van der Waals surface area (Å²) in [7, 11) is 0. The molecule has 0 aromatic heterocycles. The molecule has 0 saturated heterocycles. The van der Waals surface area contributed by atoms with Crippen LogP contribution < -0.4 is 10.6 Å². The first-order valence-corrected chi connectivity index (χ1v) is 7.82. The zero-order valence-corrected chi connectivity index (χ0v) is 12.4. The summed E-state index contributed by atoms with van der Waals surface area (Å²) in [5.74, 6) is 0.905. The number of halogens is 1. The Kier molecular flexibility index (Phi) is 3.72. The molecule has 3 heteroatoms. The van der Waals surface area contributed by atoms with E-state index in [0.717, 1.165) is 23.4 Å². The van der Waals surface area contributed by atoms with E-state index in [1.54, 1.807) is 0 Å². The molecule has 2 aliphatic rings. The van der Waals surface area contributed by atoms with Gasteiger partial charge in [0.15, 0.2) is 0 Å². The summed E-state index contributed by atoms with van der Waals surface area (Å²) in [4.78, 5) is 2.60. The van der Waals surface area contributed by atoms with Crippen LogP contribution >= 0.6 is 11.6 Å². The topological polar surface area (TPSA) is 29.3 Å². The molecule has 1 aromatic rings. The third kappa shape index (κ3) is 3.24. The number of nitrogens with two attached hydrogens (primary N) is 1. The molecule has 104 valence electrons. The lowest BCUT2D eigenvalue weighted by Gasteiger charge is -2.28. The van der Waals surface area contributed by atoms with Gasteiger partial charge in [0.1, 0.15) is 0 Å². The number of anilines is 1. The molecule has 0 bridgehead atoms. The predicted molar refractivity (Wildman–Crippen MR) is 81.9 cm³/mol. The minimum atomic E-state index is 0.153. The summed E-state index contributed by atoms with van der Waals surface area (Å²) < 4.78 is 0. The lowest BCUT2D eigenvalue weighted by Crippen LogP contribution is -2.30. The molecule has 0 aliphatic heterocycles. The van der Waals surface area contributed by atoms with Crippen molar-refractivity contribution < 1.29 is 0 Å². The minimum Gasteiger partial charge on any atom is -0.368 e. The van der Waals surface area contributed by atoms with E-state index in [2.05, 4.69) is 24.0 Å². The monoisotopic (exact) mass is 278 g/mol. The van der Waals surface area contributed by atoms with E-state index in [0.29, 0.717) is 0 Å². The van der Waals surface area contributed by atoms with Crippen molar-refractivity contribution in [3.63, 3.8) is 0 Å². The molecule has 2 fully saturated rings. The maximum absolute atomic E-state index is 6.41.